The molecule has 1 amide bonds. The number of hydrogen-bond acceptors (Lipinski definition) is 4. The van der Waals surface area contributed by atoms with Gasteiger partial charge in [-0.05, 0) is 32.6 Å². The van der Waals surface area contributed by atoms with Crippen molar-refractivity contribution in [3.8, 4) is 0 Å². The van der Waals surface area contributed by atoms with Gasteiger partial charge in [0.2, 0.25) is 15.9 Å². The molecule has 22 heavy (non-hydrogen) atoms. The smallest absolute Gasteiger partial charge is 0.311 e. The number of sulfonamides is 1. The Bertz CT molecular complexity index is 541. The maximum Gasteiger partial charge on any atom is 0.311 e. The van der Waals surface area contributed by atoms with Crippen LogP contribution in [0.4, 0.5) is 0 Å². The van der Waals surface area contributed by atoms with Crippen molar-refractivity contribution in [3.05, 3.63) is 0 Å². The number of amides is 1. The predicted octanol–water partition coefficient (Wildman–Crippen LogP) is 0.515. The van der Waals surface area contributed by atoms with E-state index in [9.17, 15) is 18.0 Å². The molecule has 0 spiro atoms. The lowest BCUT2D eigenvalue weighted by Crippen LogP contribution is -2.35. The van der Waals surface area contributed by atoms with Crippen LogP contribution >= 0.6 is 0 Å². The fraction of sp³-hybridized carbons (Fsp3) is 0.857. The summed E-state index contributed by atoms with van der Waals surface area (Å²) in [7, 11) is -3.25. The van der Waals surface area contributed by atoms with E-state index in [1.807, 2.05) is 0 Å². The Kier molecular flexibility index (Phi) is 5.11. The molecular weight excluding hydrogens is 308 g/mol. The molecule has 0 aromatic rings. The number of carbonyl (C=O) groups is 2. The Morgan fingerprint density at radius 2 is 1.82 bits per heavy atom. The zero-order chi connectivity index (χ0) is 16.4. The first-order valence-corrected chi connectivity index (χ1v) is 9.34. The minimum absolute atomic E-state index is 0.0111. The van der Waals surface area contributed by atoms with Gasteiger partial charge in [-0.2, -0.15) is 0 Å². The van der Waals surface area contributed by atoms with Gasteiger partial charge < -0.3 is 10.0 Å². The van der Waals surface area contributed by atoms with Gasteiger partial charge in [0.15, 0.2) is 0 Å². The van der Waals surface area contributed by atoms with E-state index >= 15 is 0 Å². The average molecular weight is 332 g/mol. The first-order valence-electron chi connectivity index (χ1n) is 7.74. The highest BCUT2D eigenvalue weighted by Crippen LogP contribution is 2.30. The van der Waals surface area contributed by atoms with E-state index in [1.54, 1.807) is 6.92 Å². The number of likely N-dealkylation sites (tertiary alicyclic amines) is 1. The van der Waals surface area contributed by atoms with Gasteiger partial charge in [0, 0.05) is 32.6 Å². The van der Waals surface area contributed by atoms with Crippen LogP contribution in [0.5, 0.6) is 0 Å². The number of rotatable bonds is 6. The average Bonchev–Trinajstić information content (AvgIpc) is 3.08. The first-order chi connectivity index (χ1) is 10.2. The van der Waals surface area contributed by atoms with Crippen LogP contribution in [0, 0.1) is 5.41 Å². The van der Waals surface area contributed by atoms with Crippen LogP contribution < -0.4 is 0 Å². The van der Waals surface area contributed by atoms with Crippen molar-refractivity contribution in [2.45, 2.75) is 39.0 Å². The lowest BCUT2D eigenvalue weighted by molar-refractivity contribution is -0.147. The van der Waals surface area contributed by atoms with Gasteiger partial charge in [-0.25, -0.2) is 12.7 Å². The molecule has 1 unspecified atom stereocenters. The predicted molar refractivity (Wildman–Crippen MR) is 80.8 cm³/mol. The minimum Gasteiger partial charge on any atom is -0.481 e. The molecule has 126 valence electrons. The fourth-order valence-corrected chi connectivity index (χ4v) is 4.59. The zero-order valence-electron chi connectivity index (χ0n) is 13.0. The fourth-order valence-electron chi connectivity index (χ4n) is 3.01. The molecule has 0 radical (unpaired) electrons. The Morgan fingerprint density at radius 3 is 2.36 bits per heavy atom. The van der Waals surface area contributed by atoms with Crippen molar-refractivity contribution in [2.24, 2.45) is 5.41 Å². The Hall–Kier alpha value is -1.15. The number of hydrogen-bond donors (Lipinski definition) is 1. The molecule has 0 aromatic carbocycles. The molecule has 0 aliphatic carbocycles. The SMILES string of the molecule is CC1(C(=O)O)CCN(C(=O)CCCS(=O)(=O)N2CCCC2)C1. The molecule has 2 saturated heterocycles. The lowest BCUT2D eigenvalue weighted by Gasteiger charge is -2.20. The normalized spacial score (nSPS) is 26.5. The van der Waals surface area contributed by atoms with Gasteiger partial charge >= 0.3 is 5.97 Å². The van der Waals surface area contributed by atoms with E-state index in [0.29, 0.717) is 26.1 Å². The zero-order valence-corrected chi connectivity index (χ0v) is 13.8. The summed E-state index contributed by atoms with van der Waals surface area (Å²) < 4.78 is 25.6. The standard InChI is InChI=1S/C14H24N2O5S/c1-14(13(18)19)6-9-15(11-14)12(17)5-4-10-22(20,21)16-7-2-3-8-16/h2-11H2,1H3,(H,18,19). The third-order valence-electron chi connectivity index (χ3n) is 4.59. The summed E-state index contributed by atoms with van der Waals surface area (Å²) in [5, 5.41) is 9.15. The molecule has 0 bridgehead atoms. The number of aliphatic carboxylic acids is 1. The van der Waals surface area contributed by atoms with Crippen molar-refractivity contribution in [1.29, 1.82) is 0 Å². The van der Waals surface area contributed by atoms with Crippen LogP contribution in [-0.4, -0.2) is 66.5 Å². The summed E-state index contributed by atoms with van der Waals surface area (Å²) >= 11 is 0. The number of nitrogens with zero attached hydrogens (tertiary/aromatic N) is 2. The number of carboxylic acid groups (broad SMARTS) is 1. The van der Waals surface area contributed by atoms with E-state index < -0.39 is 21.4 Å². The van der Waals surface area contributed by atoms with Gasteiger partial charge in [-0.1, -0.05) is 0 Å². The topological polar surface area (TPSA) is 95.0 Å². The molecule has 2 heterocycles. The van der Waals surface area contributed by atoms with Gasteiger partial charge in [0.1, 0.15) is 0 Å². The van der Waals surface area contributed by atoms with Crippen LogP contribution in [0.2, 0.25) is 0 Å². The van der Waals surface area contributed by atoms with Crippen molar-refractivity contribution in [1.82, 2.24) is 9.21 Å². The summed E-state index contributed by atoms with van der Waals surface area (Å²) in [6.07, 6.45) is 2.69. The van der Waals surface area contributed by atoms with Crippen LogP contribution in [0.15, 0.2) is 0 Å². The largest absolute Gasteiger partial charge is 0.481 e. The molecule has 2 aliphatic rings. The Labute approximate surface area is 131 Å². The molecule has 2 rings (SSSR count). The monoisotopic (exact) mass is 332 g/mol. The maximum atomic E-state index is 12.1. The van der Waals surface area contributed by atoms with Crippen molar-refractivity contribution < 1.29 is 23.1 Å². The number of carboxylic acids is 1. The molecule has 0 saturated carbocycles. The van der Waals surface area contributed by atoms with Crippen molar-refractivity contribution in [3.63, 3.8) is 0 Å². The molecule has 1 N–H and O–H groups in total. The van der Waals surface area contributed by atoms with Crippen LogP contribution in [-0.2, 0) is 19.6 Å². The van der Waals surface area contributed by atoms with E-state index in [1.165, 1.54) is 9.21 Å². The van der Waals surface area contributed by atoms with E-state index in [0.717, 1.165) is 12.8 Å². The molecule has 0 aromatic heterocycles. The summed E-state index contributed by atoms with van der Waals surface area (Å²) in [4.78, 5) is 24.8. The highest BCUT2D eigenvalue weighted by atomic mass is 32.2. The second-order valence-corrected chi connectivity index (χ2v) is 8.55. The quantitative estimate of drug-likeness (QED) is 0.765. The second-order valence-electron chi connectivity index (χ2n) is 6.46. The minimum atomic E-state index is -3.25. The highest BCUT2D eigenvalue weighted by Gasteiger charge is 2.41. The maximum absolute atomic E-state index is 12.1. The third kappa shape index (κ3) is 3.78. The Morgan fingerprint density at radius 1 is 1.18 bits per heavy atom. The highest BCUT2D eigenvalue weighted by molar-refractivity contribution is 7.89. The summed E-state index contributed by atoms with van der Waals surface area (Å²) in [6, 6.07) is 0. The van der Waals surface area contributed by atoms with Gasteiger partial charge in [-0.15, -0.1) is 0 Å². The summed E-state index contributed by atoms with van der Waals surface area (Å²) in [5.74, 6) is -1.05. The van der Waals surface area contributed by atoms with Crippen LogP contribution in [0.3, 0.4) is 0 Å². The molecule has 1 atom stereocenters. The molecule has 7 nitrogen and oxygen atoms in total. The molecular formula is C14H24N2O5S. The molecule has 8 heteroatoms. The van der Waals surface area contributed by atoms with Gasteiger partial charge in [0.25, 0.3) is 0 Å². The van der Waals surface area contributed by atoms with E-state index in [2.05, 4.69) is 0 Å². The van der Waals surface area contributed by atoms with E-state index in [-0.39, 0.29) is 31.0 Å². The summed E-state index contributed by atoms with van der Waals surface area (Å²) in [6.45, 7) is 3.44. The van der Waals surface area contributed by atoms with Crippen molar-refractivity contribution in [2.75, 3.05) is 31.9 Å². The van der Waals surface area contributed by atoms with E-state index in [4.69, 9.17) is 5.11 Å². The lowest BCUT2D eigenvalue weighted by atomic mass is 9.90. The molecule has 2 fully saturated rings. The van der Waals surface area contributed by atoms with Gasteiger partial charge in [-0.3, -0.25) is 9.59 Å². The van der Waals surface area contributed by atoms with Crippen LogP contribution in [0.1, 0.15) is 39.0 Å². The Balaban J connectivity index is 1.78. The second kappa shape index (κ2) is 6.54. The molecule has 2 aliphatic heterocycles. The first kappa shape index (κ1) is 17.2. The van der Waals surface area contributed by atoms with Crippen LogP contribution in [0.25, 0.3) is 0 Å². The third-order valence-corrected chi connectivity index (χ3v) is 6.55. The summed E-state index contributed by atoms with van der Waals surface area (Å²) in [5.41, 5.74) is -0.878. The van der Waals surface area contributed by atoms with Gasteiger partial charge in [0.05, 0.1) is 11.2 Å². The number of carbonyl (C=O) groups excluding carboxylic acids is 1. The van der Waals surface area contributed by atoms with Crippen molar-refractivity contribution >= 4 is 21.9 Å².